The van der Waals surface area contributed by atoms with Crippen LogP contribution in [0.4, 0.5) is 0 Å². The van der Waals surface area contributed by atoms with Crippen molar-refractivity contribution in [2.45, 2.75) is 38.8 Å². The summed E-state index contributed by atoms with van der Waals surface area (Å²) in [5, 5.41) is 0. The molecule has 1 aromatic rings. The van der Waals surface area contributed by atoms with Crippen molar-refractivity contribution < 1.29 is 9.53 Å². The lowest BCUT2D eigenvalue weighted by molar-refractivity contribution is -0.124. The highest BCUT2D eigenvalue weighted by atomic mass is 16.5. The van der Waals surface area contributed by atoms with Crippen molar-refractivity contribution in [1.82, 2.24) is 0 Å². The maximum atomic E-state index is 11.1. The molecule has 4 nitrogen and oxygen atoms in total. The van der Waals surface area contributed by atoms with Crippen LogP contribution >= 0.6 is 0 Å². The summed E-state index contributed by atoms with van der Waals surface area (Å²) in [5.74, 6) is 0.221. The summed E-state index contributed by atoms with van der Waals surface area (Å²) in [6.07, 6.45) is 0.776. The van der Waals surface area contributed by atoms with E-state index in [1.54, 1.807) is 0 Å². The molecule has 2 atom stereocenters. The highest BCUT2D eigenvalue weighted by molar-refractivity contribution is 5.79. The Hall–Kier alpha value is -1.55. The third-order valence-corrected chi connectivity index (χ3v) is 2.42. The Labute approximate surface area is 102 Å². The van der Waals surface area contributed by atoms with Gasteiger partial charge in [0.05, 0.1) is 0 Å². The van der Waals surface area contributed by atoms with E-state index >= 15 is 0 Å². The molecule has 0 bridgehead atoms. The minimum Gasteiger partial charge on any atom is -0.481 e. The van der Waals surface area contributed by atoms with E-state index in [2.05, 4.69) is 0 Å². The van der Waals surface area contributed by atoms with Crippen LogP contribution in [0.15, 0.2) is 24.3 Å². The fourth-order valence-corrected chi connectivity index (χ4v) is 1.62. The van der Waals surface area contributed by atoms with Crippen molar-refractivity contribution in [2.24, 2.45) is 11.5 Å². The van der Waals surface area contributed by atoms with E-state index in [9.17, 15) is 4.79 Å². The molecule has 94 valence electrons. The van der Waals surface area contributed by atoms with Gasteiger partial charge in [-0.2, -0.15) is 0 Å². The highest BCUT2D eigenvalue weighted by Gasteiger charge is 2.14. The molecule has 0 aliphatic heterocycles. The molecule has 2 unspecified atom stereocenters. The first-order valence-electron chi connectivity index (χ1n) is 5.83. The molecule has 0 saturated heterocycles. The van der Waals surface area contributed by atoms with Gasteiger partial charge in [0.1, 0.15) is 5.75 Å². The fraction of sp³-hybridized carbons (Fsp3) is 0.462. The molecule has 1 amide bonds. The standard InChI is InChI=1S/C13H20N2O2/c1-3-12(13(15)16)17-11-6-4-5-10(8-11)7-9(2)14/h4-6,8-9,12H,3,7,14H2,1-2H3,(H2,15,16). The lowest BCUT2D eigenvalue weighted by atomic mass is 10.1. The van der Waals surface area contributed by atoms with Gasteiger partial charge in [0.2, 0.25) is 0 Å². The topological polar surface area (TPSA) is 78.3 Å². The first-order valence-corrected chi connectivity index (χ1v) is 5.83. The van der Waals surface area contributed by atoms with Crippen LogP contribution < -0.4 is 16.2 Å². The van der Waals surface area contributed by atoms with Crippen molar-refractivity contribution in [2.75, 3.05) is 0 Å². The number of ether oxygens (including phenoxy) is 1. The van der Waals surface area contributed by atoms with Crippen LogP contribution in [0.5, 0.6) is 5.75 Å². The van der Waals surface area contributed by atoms with Crippen LogP contribution in [0, 0.1) is 0 Å². The Morgan fingerprint density at radius 1 is 1.47 bits per heavy atom. The summed E-state index contributed by atoms with van der Waals surface area (Å²) in [5.41, 5.74) is 12.1. The highest BCUT2D eigenvalue weighted by Crippen LogP contribution is 2.16. The second kappa shape index (κ2) is 6.25. The molecule has 4 N–H and O–H groups in total. The predicted octanol–water partition coefficient (Wildman–Crippen LogP) is 1.22. The average Bonchev–Trinajstić information content (AvgIpc) is 2.25. The van der Waals surface area contributed by atoms with Gasteiger partial charge in [-0.05, 0) is 37.5 Å². The number of nitrogens with two attached hydrogens (primary N) is 2. The zero-order valence-electron chi connectivity index (χ0n) is 10.3. The molecular formula is C13H20N2O2. The molecule has 0 aromatic heterocycles. The molecular weight excluding hydrogens is 216 g/mol. The van der Waals surface area contributed by atoms with Gasteiger partial charge < -0.3 is 16.2 Å². The van der Waals surface area contributed by atoms with Crippen molar-refractivity contribution in [3.05, 3.63) is 29.8 Å². The van der Waals surface area contributed by atoms with Gasteiger partial charge in [-0.25, -0.2) is 0 Å². The third-order valence-electron chi connectivity index (χ3n) is 2.42. The van der Waals surface area contributed by atoms with E-state index in [1.807, 2.05) is 38.1 Å². The maximum absolute atomic E-state index is 11.1. The van der Waals surface area contributed by atoms with Crippen LogP contribution in [-0.2, 0) is 11.2 Å². The molecule has 0 heterocycles. The van der Waals surface area contributed by atoms with Crippen LogP contribution in [0.3, 0.4) is 0 Å². The van der Waals surface area contributed by atoms with Crippen LogP contribution in [0.1, 0.15) is 25.8 Å². The lowest BCUT2D eigenvalue weighted by Crippen LogP contribution is -2.33. The molecule has 0 radical (unpaired) electrons. The van der Waals surface area contributed by atoms with Gasteiger partial charge in [0.25, 0.3) is 5.91 Å². The van der Waals surface area contributed by atoms with Crippen LogP contribution in [0.25, 0.3) is 0 Å². The Morgan fingerprint density at radius 3 is 2.71 bits per heavy atom. The van der Waals surface area contributed by atoms with Gasteiger partial charge in [-0.3, -0.25) is 4.79 Å². The summed E-state index contributed by atoms with van der Waals surface area (Å²) in [4.78, 5) is 11.1. The summed E-state index contributed by atoms with van der Waals surface area (Å²) < 4.78 is 5.53. The van der Waals surface area contributed by atoms with Crippen LogP contribution in [0.2, 0.25) is 0 Å². The van der Waals surface area contributed by atoms with E-state index in [0.29, 0.717) is 12.2 Å². The maximum Gasteiger partial charge on any atom is 0.258 e. The number of carbonyl (C=O) groups excluding carboxylic acids is 1. The van der Waals surface area contributed by atoms with E-state index in [0.717, 1.165) is 12.0 Å². The number of carbonyl (C=O) groups is 1. The van der Waals surface area contributed by atoms with E-state index in [4.69, 9.17) is 16.2 Å². The molecule has 1 rings (SSSR count). The molecule has 1 aromatic carbocycles. The quantitative estimate of drug-likeness (QED) is 0.779. The summed E-state index contributed by atoms with van der Waals surface area (Å²) in [6.45, 7) is 3.81. The summed E-state index contributed by atoms with van der Waals surface area (Å²) in [6, 6.07) is 7.69. The van der Waals surface area contributed by atoms with Gasteiger partial charge >= 0.3 is 0 Å². The monoisotopic (exact) mass is 236 g/mol. The number of amides is 1. The van der Waals surface area contributed by atoms with Gasteiger partial charge in [-0.15, -0.1) is 0 Å². The van der Waals surface area contributed by atoms with Gasteiger partial charge in [0, 0.05) is 6.04 Å². The fourth-order valence-electron chi connectivity index (χ4n) is 1.62. The van der Waals surface area contributed by atoms with Crippen molar-refractivity contribution in [3.8, 4) is 5.75 Å². The molecule has 17 heavy (non-hydrogen) atoms. The largest absolute Gasteiger partial charge is 0.481 e. The number of primary amides is 1. The number of hydrogen-bond acceptors (Lipinski definition) is 3. The zero-order chi connectivity index (χ0) is 12.8. The van der Waals surface area contributed by atoms with E-state index in [1.165, 1.54) is 0 Å². The number of benzene rings is 1. The van der Waals surface area contributed by atoms with Crippen molar-refractivity contribution >= 4 is 5.91 Å². The second-order valence-corrected chi connectivity index (χ2v) is 4.25. The van der Waals surface area contributed by atoms with Gasteiger partial charge in [-0.1, -0.05) is 19.1 Å². The Balaban J connectivity index is 2.74. The lowest BCUT2D eigenvalue weighted by Gasteiger charge is -2.15. The molecule has 0 spiro atoms. The Bertz CT molecular complexity index is 377. The van der Waals surface area contributed by atoms with Crippen molar-refractivity contribution in [1.29, 1.82) is 0 Å². The normalized spacial score (nSPS) is 14.1. The van der Waals surface area contributed by atoms with Crippen molar-refractivity contribution in [3.63, 3.8) is 0 Å². The molecule has 0 fully saturated rings. The minimum atomic E-state index is -0.569. The molecule has 0 aliphatic rings. The molecule has 4 heteroatoms. The van der Waals surface area contributed by atoms with Gasteiger partial charge in [0.15, 0.2) is 6.10 Å². The second-order valence-electron chi connectivity index (χ2n) is 4.25. The Kier molecular flexibility index (Phi) is 4.97. The predicted molar refractivity (Wildman–Crippen MR) is 67.7 cm³/mol. The summed E-state index contributed by atoms with van der Waals surface area (Å²) >= 11 is 0. The minimum absolute atomic E-state index is 0.100. The van der Waals surface area contributed by atoms with E-state index < -0.39 is 12.0 Å². The van der Waals surface area contributed by atoms with E-state index in [-0.39, 0.29) is 6.04 Å². The molecule has 0 aliphatic carbocycles. The SMILES string of the molecule is CCC(Oc1cccc(CC(C)N)c1)C(N)=O. The summed E-state index contributed by atoms with van der Waals surface area (Å²) in [7, 11) is 0. The first-order chi connectivity index (χ1) is 8.02. The van der Waals surface area contributed by atoms with Crippen LogP contribution in [-0.4, -0.2) is 18.1 Å². The third kappa shape index (κ3) is 4.44. The Morgan fingerprint density at radius 2 is 2.18 bits per heavy atom. The molecule has 0 saturated carbocycles. The average molecular weight is 236 g/mol. The number of hydrogen-bond donors (Lipinski definition) is 2. The number of rotatable bonds is 6. The smallest absolute Gasteiger partial charge is 0.258 e. The first kappa shape index (κ1) is 13.5. The zero-order valence-corrected chi connectivity index (χ0v) is 10.3.